The molecule has 0 saturated carbocycles. The van der Waals surface area contributed by atoms with Gasteiger partial charge in [-0.15, -0.1) is 0 Å². The van der Waals surface area contributed by atoms with Crippen molar-refractivity contribution >= 4 is 44.0 Å². The second kappa shape index (κ2) is 7.32. The van der Waals surface area contributed by atoms with Crippen molar-refractivity contribution in [3.8, 4) is 0 Å². The monoisotopic (exact) mass is 422 g/mol. The van der Waals surface area contributed by atoms with E-state index >= 15 is 0 Å². The molecule has 28 heavy (non-hydrogen) atoms. The van der Waals surface area contributed by atoms with Gasteiger partial charge in [0.15, 0.2) is 5.76 Å². The van der Waals surface area contributed by atoms with Crippen molar-refractivity contribution < 1.29 is 17.9 Å². The molecule has 0 spiro atoms. The molecule has 0 saturated heterocycles. The molecule has 0 aliphatic heterocycles. The second-order valence-corrected chi connectivity index (χ2v) is 9.30. The van der Waals surface area contributed by atoms with Gasteiger partial charge in [-0.2, -0.15) is 9.36 Å². The maximum Gasteiger partial charge on any atom is 0.283 e. The number of carbonyl (C=O) groups excluding carboxylic acids is 1. The summed E-state index contributed by atoms with van der Waals surface area (Å²) in [7, 11) is -3.74. The summed E-state index contributed by atoms with van der Waals surface area (Å²) in [4.78, 5) is 28.2. The molecule has 9 nitrogen and oxygen atoms in total. The third-order valence-corrected chi connectivity index (χ3v) is 6.83. The zero-order chi connectivity index (χ0) is 20.6. The first kappa shape index (κ1) is 20.0. The smallest absolute Gasteiger partial charge is 0.283 e. The summed E-state index contributed by atoms with van der Waals surface area (Å²) in [5.74, 6) is -0.235. The lowest BCUT2D eigenvalue weighted by molar-refractivity contribution is -0.114. The Bertz CT molecular complexity index is 1220. The molecule has 3 rings (SSSR count). The summed E-state index contributed by atoms with van der Waals surface area (Å²) < 4.78 is 35.5. The highest BCUT2D eigenvalue weighted by Crippen LogP contribution is 2.24. The summed E-state index contributed by atoms with van der Waals surface area (Å²) >= 11 is 0.780. The number of rotatable bonds is 5. The molecule has 0 aromatic carbocycles. The highest BCUT2D eigenvalue weighted by atomic mass is 32.2. The maximum atomic E-state index is 12.6. The van der Waals surface area contributed by atoms with Crippen LogP contribution in [0.25, 0.3) is 11.0 Å². The number of sulfone groups is 1. The first-order valence-electron chi connectivity index (χ1n) is 8.37. The average Bonchev–Trinajstić information content (AvgIpc) is 3.06. The highest BCUT2D eigenvalue weighted by molar-refractivity contribution is 7.91. The highest BCUT2D eigenvalue weighted by Gasteiger charge is 2.28. The number of hydrogen-bond acceptors (Lipinski definition) is 9. The van der Waals surface area contributed by atoms with E-state index in [0.717, 1.165) is 11.5 Å². The van der Waals surface area contributed by atoms with Crippen molar-refractivity contribution in [1.29, 1.82) is 0 Å². The van der Waals surface area contributed by atoms with Crippen LogP contribution < -0.4 is 11.3 Å². The van der Waals surface area contributed by atoms with E-state index in [2.05, 4.69) is 9.36 Å². The van der Waals surface area contributed by atoms with Gasteiger partial charge in [0, 0.05) is 11.5 Å². The van der Waals surface area contributed by atoms with Gasteiger partial charge < -0.3 is 10.5 Å². The van der Waals surface area contributed by atoms with Gasteiger partial charge in [0.05, 0.1) is 17.4 Å². The number of nitrogens with zero attached hydrogens (tertiary/aromatic N) is 3. The number of fused-ring (bicyclic) bond motifs is 1. The number of ketones is 1. The van der Waals surface area contributed by atoms with Crippen LogP contribution in [0.5, 0.6) is 0 Å². The zero-order valence-electron chi connectivity index (χ0n) is 15.4. The lowest BCUT2D eigenvalue weighted by atomic mass is 10.0. The lowest BCUT2D eigenvalue weighted by Crippen LogP contribution is -2.21. The summed E-state index contributed by atoms with van der Waals surface area (Å²) in [6.45, 7) is 5.12. The Kier molecular flexibility index (Phi) is 5.22. The van der Waals surface area contributed by atoms with E-state index in [4.69, 9.17) is 10.5 Å². The molecule has 2 aromatic rings. The molecule has 1 aliphatic carbocycles. The van der Waals surface area contributed by atoms with Gasteiger partial charge in [0.2, 0.25) is 25.7 Å². The van der Waals surface area contributed by atoms with Crippen LogP contribution in [-0.4, -0.2) is 39.8 Å². The SMILES string of the molecule is CCOC1=CC(=Cc2c(N)n3c(S(=O)(=O)C(C)C)nsc3nc2=O)C=CC1=O. The van der Waals surface area contributed by atoms with Gasteiger partial charge in [-0.3, -0.25) is 9.59 Å². The van der Waals surface area contributed by atoms with Crippen LogP contribution >= 0.6 is 11.5 Å². The van der Waals surface area contributed by atoms with E-state index in [1.807, 2.05) is 0 Å². The molecule has 1 aliphatic rings. The van der Waals surface area contributed by atoms with Crippen LogP contribution in [-0.2, 0) is 19.4 Å². The van der Waals surface area contributed by atoms with Gasteiger partial charge >= 0.3 is 0 Å². The quantitative estimate of drug-likeness (QED) is 0.763. The third-order valence-electron chi connectivity index (χ3n) is 3.99. The van der Waals surface area contributed by atoms with Crippen LogP contribution in [0.4, 0.5) is 5.82 Å². The van der Waals surface area contributed by atoms with Crippen molar-refractivity contribution in [2.75, 3.05) is 12.3 Å². The lowest BCUT2D eigenvalue weighted by Gasteiger charge is -2.11. The van der Waals surface area contributed by atoms with Gasteiger partial charge in [0.1, 0.15) is 5.82 Å². The van der Waals surface area contributed by atoms with E-state index in [0.29, 0.717) is 12.2 Å². The van der Waals surface area contributed by atoms with Crippen molar-refractivity contribution in [3.63, 3.8) is 0 Å². The summed E-state index contributed by atoms with van der Waals surface area (Å²) in [6.07, 6.45) is 5.74. The fourth-order valence-electron chi connectivity index (χ4n) is 2.47. The molecule has 0 amide bonds. The number of anilines is 1. The first-order chi connectivity index (χ1) is 13.2. The van der Waals surface area contributed by atoms with E-state index in [9.17, 15) is 18.0 Å². The van der Waals surface area contributed by atoms with E-state index in [1.54, 1.807) is 6.92 Å². The number of carbonyl (C=O) groups is 1. The summed E-state index contributed by atoms with van der Waals surface area (Å²) in [5, 5.41) is -0.977. The van der Waals surface area contributed by atoms with Crippen LogP contribution in [0.15, 0.2) is 39.5 Å². The zero-order valence-corrected chi connectivity index (χ0v) is 17.0. The van der Waals surface area contributed by atoms with E-state index in [-0.39, 0.29) is 33.0 Å². The molecule has 2 aromatic heterocycles. The number of ether oxygens (including phenoxy) is 1. The fourth-order valence-corrected chi connectivity index (χ4v) is 4.55. The Morgan fingerprint density at radius 1 is 1.32 bits per heavy atom. The van der Waals surface area contributed by atoms with Gasteiger partial charge in [-0.25, -0.2) is 12.8 Å². The van der Waals surface area contributed by atoms with E-state index in [1.165, 1.54) is 42.6 Å². The largest absolute Gasteiger partial charge is 0.490 e. The number of nitrogen functional groups attached to an aromatic ring is 1. The molecule has 0 bridgehead atoms. The van der Waals surface area contributed by atoms with E-state index < -0.39 is 20.6 Å². The Morgan fingerprint density at radius 2 is 2.04 bits per heavy atom. The summed E-state index contributed by atoms with van der Waals surface area (Å²) in [5.41, 5.74) is 6.00. The molecular formula is C17H18N4O5S2. The van der Waals surface area contributed by atoms with Gasteiger partial charge in [0.25, 0.3) is 5.56 Å². The van der Waals surface area contributed by atoms with Crippen molar-refractivity contribution in [1.82, 2.24) is 13.8 Å². The molecular weight excluding hydrogens is 404 g/mol. The number of nitrogens with two attached hydrogens (primary N) is 1. The standard InChI is InChI=1S/C17H18N4O5S2/c1-4-26-13-8-10(5-6-12(13)22)7-11-14(18)21-16(19-15(11)23)27-20-17(21)28(24,25)9(2)3/h5-9H,4,18H2,1-3H3. The fraction of sp³-hybridized carbons (Fsp3) is 0.294. The minimum atomic E-state index is -3.74. The summed E-state index contributed by atoms with van der Waals surface area (Å²) in [6, 6.07) is 0. The third kappa shape index (κ3) is 3.38. The topological polar surface area (TPSA) is 134 Å². The van der Waals surface area contributed by atoms with Crippen LogP contribution in [0, 0.1) is 0 Å². The van der Waals surface area contributed by atoms with Crippen molar-refractivity contribution in [2.45, 2.75) is 31.2 Å². The predicted octanol–water partition coefficient (Wildman–Crippen LogP) is 1.36. The average molecular weight is 422 g/mol. The second-order valence-electron chi connectivity index (χ2n) is 6.18. The number of allylic oxidation sites excluding steroid dienone is 4. The molecule has 2 N–H and O–H groups in total. The molecule has 0 fully saturated rings. The Morgan fingerprint density at radius 3 is 2.68 bits per heavy atom. The Labute approximate surface area is 164 Å². The normalized spacial score (nSPS) is 16.2. The van der Waals surface area contributed by atoms with Crippen LogP contribution in [0.1, 0.15) is 26.3 Å². The minimum absolute atomic E-state index is 0.000923. The Balaban J connectivity index is 2.22. The molecule has 11 heteroatoms. The predicted molar refractivity (Wildman–Crippen MR) is 106 cm³/mol. The minimum Gasteiger partial charge on any atom is -0.490 e. The van der Waals surface area contributed by atoms with Crippen LogP contribution in [0.3, 0.4) is 0 Å². The first-order valence-corrected chi connectivity index (χ1v) is 10.7. The molecule has 2 heterocycles. The van der Waals surface area contributed by atoms with Gasteiger partial charge in [-0.1, -0.05) is 6.08 Å². The van der Waals surface area contributed by atoms with Crippen LogP contribution in [0.2, 0.25) is 0 Å². The molecule has 0 radical (unpaired) electrons. The molecule has 0 atom stereocenters. The number of hydrogen-bond donors (Lipinski definition) is 1. The molecule has 0 unspecified atom stereocenters. The Hall–Kier alpha value is -2.79. The van der Waals surface area contributed by atoms with Gasteiger partial charge in [-0.05, 0) is 44.6 Å². The molecule has 148 valence electrons. The van der Waals surface area contributed by atoms with Crippen molar-refractivity contribution in [3.05, 3.63) is 45.5 Å². The number of aromatic nitrogens is 3. The van der Waals surface area contributed by atoms with Crippen molar-refractivity contribution in [2.24, 2.45) is 0 Å². The maximum absolute atomic E-state index is 12.6.